The highest BCUT2D eigenvalue weighted by molar-refractivity contribution is 6.02. The first kappa shape index (κ1) is 19.3. The van der Waals surface area contributed by atoms with E-state index < -0.39 is 0 Å². The molecule has 28 heavy (non-hydrogen) atoms. The van der Waals surface area contributed by atoms with Gasteiger partial charge in [-0.3, -0.25) is 9.98 Å². The quantitative estimate of drug-likeness (QED) is 0.478. The molecule has 3 rings (SSSR count). The lowest BCUT2D eigenvalue weighted by molar-refractivity contribution is 0.355. The molecule has 0 spiro atoms. The van der Waals surface area contributed by atoms with Gasteiger partial charge < -0.3 is 25.3 Å². The highest BCUT2D eigenvalue weighted by atomic mass is 16.5. The Morgan fingerprint density at radius 2 is 1.82 bits per heavy atom. The van der Waals surface area contributed by atoms with Crippen molar-refractivity contribution < 1.29 is 14.2 Å². The maximum absolute atomic E-state index is 6.14. The molecular weight excluding hydrogens is 356 g/mol. The van der Waals surface area contributed by atoms with Crippen molar-refractivity contribution >= 4 is 22.4 Å². The lowest BCUT2D eigenvalue weighted by atomic mass is 10.1. The Labute approximate surface area is 164 Å². The van der Waals surface area contributed by atoms with Gasteiger partial charge in [-0.1, -0.05) is 0 Å². The van der Waals surface area contributed by atoms with E-state index in [1.54, 1.807) is 20.4 Å². The summed E-state index contributed by atoms with van der Waals surface area (Å²) in [6.45, 7) is 2.57. The van der Waals surface area contributed by atoms with E-state index in [4.69, 9.17) is 19.9 Å². The van der Waals surface area contributed by atoms with Gasteiger partial charge in [-0.25, -0.2) is 0 Å². The largest absolute Gasteiger partial charge is 0.493 e. The van der Waals surface area contributed by atoms with Crippen LogP contribution in [0.5, 0.6) is 23.0 Å². The molecule has 1 heterocycles. The second-order valence-corrected chi connectivity index (χ2v) is 5.95. The van der Waals surface area contributed by atoms with Gasteiger partial charge in [0, 0.05) is 48.6 Å². The number of fused-ring (bicyclic) bond motifs is 1. The topological polar surface area (TPSA) is 91.0 Å². The van der Waals surface area contributed by atoms with E-state index in [9.17, 15) is 0 Å². The fourth-order valence-electron chi connectivity index (χ4n) is 2.94. The first-order valence-electron chi connectivity index (χ1n) is 8.92. The summed E-state index contributed by atoms with van der Waals surface area (Å²) >= 11 is 0. The highest BCUT2D eigenvalue weighted by Gasteiger charge is 2.13. The number of nitrogens with two attached hydrogens (primary N) is 1. The summed E-state index contributed by atoms with van der Waals surface area (Å²) in [5, 5.41) is 3.96. The molecule has 0 unspecified atom stereocenters. The summed E-state index contributed by atoms with van der Waals surface area (Å²) in [5.41, 5.74) is 8.48. The van der Waals surface area contributed by atoms with Gasteiger partial charge in [0.2, 0.25) is 0 Å². The molecule has 0 atom stereocenters. The van der Waals surface area contributed by atoms with E-state index in [0.29, 0.717) is 35.4 Å². The molecule has 2 aromatic carbocycles. The number of pyridine rings is 1. The average molecular weight is 380 g/mol. The molecular formula is C21H24N4O3. The van der Waals surface area contributed by atoms with Crippen molar-refractivity contribution in [1.82, 2.24) is 4.98 Å². The number of hydrogen-bond donors (Lipinski definition) is 2. The van der Waals surface area contributed by atoms with Crippen LogP contribution in [-0.2, 0) is 0 Å². The number of amidine groups is 1. The summed E-state index contributed by atoms with van der Waals surface area (Å²) in [4.78, 5) is 8.67. The number of rotatable bonds is 7. The Bertz CT molecular complexity index is 1020. The molecule has 0 aliphatic carbocycles. The van der Waals surface area contributed by atoms with Crippen LogP contribution in [-0.4, -0.2) is 38.6 Å². The van der Waals surface area contributed by atoms with Gasteiger partial charge in [0.25, 0.3) is 0 Å². The molecule has 0 aliphatic rings. The van der Waals surface area contributed by atoms with Crippen molar-refractivity contribution in [2.24, 2.45) is 10.7 Å². The van der Waals surface area contributed by atoms with Crippen LogP contribution in [0.2, 0.25) is 0 Å². The number of benzene rings is 2. The molecule has 7 nitrogen and oxygen atoms in total. The normalized spacial score (nSPS) is 11.4. The van der Waals surface area contributed by atoms with Gasteiger partial charge >= 0.3 is 0 Å². The van der Waals surface area contributed by atoms with E-state index in [0.717, 1.165) is 22.2 Å². The minimum atomic E-state index is 0.490. The Balaban J connectivity index is 2.02. The first-order chi connectivity index (χ1) is 13.6. The van der Waals surface area contributed by atoms with E-state index in [1.165, 1.54) is 0 Å². The Hall–Kier alpha value is -3.48. The van der Waals surface area contributed by atoms with Crippen LogP contribution in [0.1, 0.15) is 12.5 Å². The molecule has 0 saturated heterocycles. The number of hydrogen-bond acceptors (Lipinski definition) is 6. The molecule has 0 radical (unpaired) electrons. The SMILES string of the molecule is CCN=C(N)c1ccc(Oc2ccnc3cc(OC)c(OC)cc23)cc1NC. The van der Waals surface area contributed by atoms with Crippen molar-refractivity contribution in [1.29, 1.82) is 0 Å². The number of aromatic nitrogens is 1. The third-order valence-corrected chi connectivity index (χ3v) is 4.30. The molecule has 3 aromatic rings. The van der Waals surface area contributed by atoms with E-state index in [1.807, 2.05) is 50.4 Å². The van der Waals surface area contributed by atoms with Crippen LogP contribution in [0.25, 0.3) is 10.9 Å². The zero-order valence-corrected chi connectivity index (χ0v) is 16.4. The number of nitrogens with one attached hydrogen (secondary N) is 1. The maximum Gasteiger partial charge on any atom is 0.162 e. The van der Waals surface area contributed by atoms with Crippen molar-refractivity contribution in [2.75, 3.05) is 33.1 Å². The van der Waals surface area contributed by atoms with Crippen LogP contribution in [0.4, 0.5) is 5.69 Å². The standard InChI is InChI=1S/C21H24N4O3/c1-5-24-21(22)14-7-6-13(10-16(14)23-2)28-18-8-9-25-17-12-20(27-4)19(26-3)11-15(17)18/h6-12,23H,5H2,1-4H3,(H2,22,24). The van der Waals surface area contributed by atoms with E-state index in [2.05, 4.69) is 15.3 Å². The Morgan fingerprint density at radius 1 is 1.07 bits per heavy atom. The third-order valence-electron chi connectivity index (χ3n) is 4.30. The van der Waals surface area contributed by atoms with Gasteiger partial charge in [0.1, 0.15) is 17.3 Å². The van der Waals surface area contributed by atoms with Crippen molar-refractivity contribution in [3.63, 3.8) is 0 Å². The van der Waals surface area contributed by atoms with Gasteiger partial charge in [0.15, 0.2) is 11.5 Å². The zero-order chi connectivity index (χ0) is 20.1. The minimum Gasteiger partial charge on any atom is -0.493 e. The zero-order valence-electron chi connectivity index (χ0n) is 16.4. The Morgan fingerprint density at radius 3 is 2.50 bits per heavy atom. The van der Waals surface area contributed by atoms with Crippen LogP contribution >= 0.6 is 0 Å². The van der Waals surface area contributed by atoms with Crippen LogP contribution in [0, 0.1) is 0 Å². The fourth-order valence-corrected chi connectivity index (χ4v) is 2.94. The molecule has 146 valence electrons. The van der Waals surface area contributed by atoms with Gasteiger partial charge in [-0.2, -0.15) is 0 Å². The summed E-state index contributed by atoms with van der Waals surface area (Å²) in [7, 11) is 5.03. The van der Waals surface area contributed by atoms with Crippen molar-refractivity contribution in [3.8, 4) is 23.0 Å². The van der Waals surface area contributed by atoms with Crippen LogP contribution in [0.3, 0.4) is 0 Å². The van der Waals surface area contributed by atoms with Gasteiger partial charge in [-0.15, -0.1) is 0 Å². The number of methoxy groups -OCH3 is 2. The molecule has 7 heteroatoms. The first-order valence-corrected chi connectivity index (χ1v) is 8.92. The summed E-state index contributed by atoms with van der Waals surface area (Å²) in [5.74, 6) is 3.05. The summed E-state index contributed by atoms with van der Waals surface area (Å²) in [6, 6.07) is 11.1. The molecule has 3 N–H and O–H groups in total. The second-order valence-electron chi connectivity index (χ2n) is 5.95. The van der Waals surface area contributed by atoms with Crippen molar-refractivity contribution in [2.45, 2.75) is 6.92 Å². The number of anilines is 1. The number of nitrogens with zero attached hydrogens (tertiary/aromatic N) is 2. The monoisotopic (exact) mass is 380 g/mol. The minimum absolute atomic E-state index is 0.490. The average Bonchev–Trinajstić information content (AvgIpc) is 2.73. The van der Waals surface area contributed by atoms with E-state index in [-0.39, 0.29) is 0 Å². The molecule has 0 amide bonds. The van der Waals surface area contributed by atoms with Crippen molar-refractivity contribution in [3.05, 3.63) is 48.2 Å². The molecule has 1 aromatic heterocycles. The summed E-state index contributed by atoms with van der Waals surface area (Å²) < 4.78 is 16.9. The Kier molecular flexibility index (Phi) is 5.84. The molecule has 0 bridgehead atoms. The predicted octanol–water partition coefficient (Wildman–Crippen LogP) is 3.81. The van der Waals surface area contributed by atoms with Gasteiger partial charge in [-0.05, 0) is 31.2 Å². The number of ether oxygens (including phenoxy) is 3. The molecule has 0 saturated carbocycles. The van der Waals surface area contributed by atoms with Crippen LogP contribution < -0.4 is 25.3 Å². The second kappa shape index (κ2) is 8.47. The predicted molar refractivity (Wildman–Crippen MR) is 112 cm³/mol. The maximum atomic E-state index is 6.14. The van der Waals surface area contributed by atoms with Gasteiger partial charge in [0.05, 0.1) is 19.7 Å². The summed E-state index contributed by atoms with van der Waals surface area (Å²) in [6.07, 6.45) is 1.70. The highest BCUT2D eigenvalue weighted by Crippen LogP contribution is 2.37. The molecule has 0 fully saturated rings. The smallest absolute Gasteiger partial charge is 0.162 e. The van der Waals surface area contributed by atoms with Crippen LogP contribution in [0.15, 0.2) is 47.6 Å². The number of aliphatic imine (C=N–C) groups is 1. The molecule has 0 aliphatic heterocycles. The fraction of sp³-hybridized carbons (Fsp3) is 0.238. The lowest BCUT2D eigenvalue weighted by Gasteiger charge is -2.14. The lowest BCUT2D eigenvalue weighted by Crippen LogP contribution is -2.15. The van der Waals surface area contributed by atoms with E-state index >= 15 is 0 Å². The third kappa shape index (κ3) is 3.78.